The first-order valence-electron chi connectivity index (χ1n) is 2.99. The number of amidine groups is 1. The molecule has 3 heteroatoms. The smallest absolute Gasteiger partial charge is 0.127 e. The lowest BCUT2D eigenvalue weighted by atomic mass is 10.2. The number of nitrogens with zero attached hydrogens (tertiary/aromatic N) is 2. The minimum absolute atomic E-state index is 0.474. The summed E-state index contributed by atoms with van der Waals surface area (Å²) in [5.41, 5.74) is 1.86. The zero-order valence-corrected chi connectivity index (χ0v) is 6.48. The Labute approximate surface area is 59.5 Å². The highest BCUT2D eigenvalue weighted by molar-refractivity contribution is 8.12. The van der Waals surface area contributed by atoms with Crippen LogP contribution >= 0.6 is 11.8 Å². The molecule has 2 nitrogen and oxygen atoms in total. The highest BCUT2D eigenvalue weighted by Gasteiger charge is 2.03. The van der Waals surface area contributed by atoms with Gasteiger partial charge >= 0.3 is 0 Å². The fraction of sp³-hybridized carbons (Fsp3) is 0.667. The van der Waals surface area contributed by atoms with E-state index in [4.69, 9.17) is 0 Å². The lowest BCUT2D eigenvalue weighted by Gasteiger charge is -2.06. The molecule has 0 amide bonds. The normalized spacial score (nSPS) is 18.3. The van der Waals surface area contributed by atoms with Gasteiger partial charge < -0.3 is 0 Å². The van der Waals surface area contributed by atoms with Crippen LogP contribution in [-0.4, -0.2) is 17.3 Å². The zero-order valence-electron chi connectivity index (χ0n) is 5.66. The van der Waals surface area contributed by atoms with Crippen LogP contribution in [-0.2, 0) is 0 Å². The maximum absolute atomic E-state index is 4.21. The molecular weight excluding hydrogens is 132 g/mol. The maximum atomic E-state index is 4.21. The van der Waals surface area contributed by atoms with Crippen molar-refractivity contribution in [2.45, 2.75) is 13.8 Å². The minimum Gasteiger partial charge on any atom is -0.259 e. The summed E-state index contributed by atoms with van der Waals surface area (Å²) in [6.07, 6.45) is 0. The van der Waals surface area contributed by atoms with E-state index < -0.39 is 0 Å². The molecule has 0 unspecified atom stereocenters. The number of thioether (sulfide) groups is 1. The van der Waals surface area contributed by atoms with Crippen LogP contribution in [0.15, 0.2) is 9.98 Å². The molecule has 1 aliphatic rings. The van der Waals surface area contributed by atoms with Crippen molar-refractivity contribution in [1.29, 1.82) is 0 Å². The molecule has 0 saturated carbocycles. The summed E-state index contributed by atoms with van der Waals surface area (Å²) in [7, 11) is 0. The molecule has 1 rings (SSSR count). The molecule has 0 fully saturated rings. The quantitative estimate of drug-likeness (QED) is 0.547. The van der Waals surface area contributed by atoms with Crippen LogP contribution in [0.25, 0.3) is 0 Å². The van der Waals surface area contributed by atoms with E-state index in [0.717, 1.165) is 11.7 Å². The van der Waals surface area contributed by atoms with Gasteiger partial charge in [0.1, 0.15) is 5.84 Å². The van der Waals surface area contributed by atoms with Gasteiger partial charge in [0.25, 0.3) is 0 Å². The first kappa shape index (κ1) is 6.81. The van der Waals surface area contributed by atoms with Gasteiger partial charge in [-0.05, 0) is 0 Å². The van der Waals surface area contributed by atoms with Crippen LogP contribution in [0, 0.1) is 5.92 Å². The predicted molar refractivity (Wildman–Crippen MR) is 43.2 cm³/mol. The van der Waals surface area contributed by atoms with Crippen molar-refractivity contribution in [1.82, 2.24) is 0 Å². The van der Waals surface area contributed by atoms with Crippen molar-refractivity contribution in [2.75, 3.05) is 5.88 Å². The van der Waals surface area contributed by atoms with Gasteiger partial charge in [-0.2, -0.15) is 0 Å². The van der Waals surface area contributed by atoms with Crippen molar-refractivity contribution in [3.8, 4) is 0 Å². The molecule has 0 N–H and O–H groups in total. The number of aliphatic imine (C=N–C) groups is 2. The summed E-state index contributed by atoms with van der Waals surface area (Å²) >= 11 is 1.64. The lowest BCUT2D eigenvalue weighted by molar-refractivity contribution is 0.868. The van der Waals surface area contributed by atoms with Crippen molar-refractivity contribution in [3.05, 3.63) is 0 Å². The Hall–Kier alpha value is -0.310. The summed E-state index contributed by atoms with van der Waals surface area (Å²) in [6.45, 7) is 4.21. The highest BCUT2D eigenvalue weighted by Crippen LogP contribution is 2.07. The molecule has 0 atom stereocenters. The van der Waals surface area contributed by atoms with Crippen LogP contribution in [0.1, 0.15) is 13.8 Å². The third-order valence-corrected chi connectivity index (χ3v) is 1.61. The molecule has 0 aromatic heterocycles. The topological polar surface area (TPSA) is 24.7 Å². The van der Waals surface area contributed by atoms with E-state index in [1.54, 1.807) is 11.8 Å². The fourth-order valence-corrected chi connectivity index (χ4v) is 1.06. The summed E-state index contributed by atoms with van der Waals surface area (Å²) in [6, 6.07) is 0. The first-order valence-corrected chi connectivity index (χ1v) is 4.04. The molecule has 0 aromatic carbocycles. The number of hydrogen-bond acceptors (Lipinski definition) is 3. The largest absolute Gasteiger partial charge is 0.259 e. The third-order valence-electron chi connectivity index (χ3n) is 1.08. The van der Waals surface area contributed by atoms with Crippen LogP contribution in [0.3, 0.4) is 0 Å². The van der Waals surface area contributed by atoms with E-state index in [9.17, 15) is 0 Å². The summed E-state index contributed by atoms with van der Waals surface area (Å²) in [5, 5.41) is 0. The monoisotopic (exact) mass is 142 g/mol. The zero-order chi connectivity index (χ0) is 6.69. The van der Waals surface area contributed by atoms with E-state index in [2.05, 4.69) is 23.8 Å². The predicted octanol–water partition coefficient (Wildman–Crippen LogP) is 1.77. The molecule has 0 radical (unpaired) electrons. The van der Waals surface area contributed by atoms with Gasteiger partial charge in [-0.3, -0.25) is 4.99 Å². The Morgan fingerprint density at radius 3 is 2.78 bits per heavy atom. The Morgan fingerprint density at radius 2 is 2.44 bits per heavy atom. The van der Waals surface area contributed by atoms with E-state index in [0.29, 0.717) is 5.92 Å². The Morgan fingerprint density at radius 1 is 1.67 bits per heavy atom. The maximum Gasteiger partial charge on any atom is 0.127 e. The standard InChI is InChI=1S/C6H10N2S/c1-5(2)6-7-3-9-4-8-6/h3,5H,4H2,1-2H3. The number of rotatable bonds is 1. The minimum atomic E-state index is 0.474. The second kappa shape index (κ2) is 3.01. The van der Waals surface area contributed by atoms with E-state index >= 15 is 0 Å². The van der Waals surface area contributed by atoms with Crippen LogP contribution in [0.2, 0.25) is 0 Å². The summed E-state index contributed by atoms with van der Waals surface area (Å²) < 4.78 is 0. The van der Waals surface area contributed by atoms with Crippen LogP contribution in [0.4, 0.5) is 0 Å². The molecule has 0 bridgehead atoms. The Bertz CT molecular complexity index is 149. The molecular formula is C6H10N2S. The van der Waals surface area contributed by atoms with Crippen molar-refractivity contribution in [2.24, 2.45) is 15.9 Å². The van der Waals surface area contributed by atoms with Gasteiger partial charge in [-0.1, -0.05) is 25.6 Å². The molecule has 1 heterocycles. The second-order valence-electron chi connectivity index (χ2n) is 2.20. The molecule has 0 saturated heterocycles. The summed E-state index contributed by atoms with van der Waals surface area (Å²) in [4.78, 5) is 8.33. The molecule has 0 aliphatic carbocycles. The van der Waals surface area contributed by atoms with Crippen molar-refractivity contribution >= 4 is 23.1 Å². The molecule has 1 aliphatic heterocycles. The SMILES string of the molecule is CC(C)C1=NCSC=N1. The van der Waals surface area contributed by atoms with E-state index in [1.165, 1.54) is 0 Å². The van der Waals surface area contributed by atoms with Gasteiger partial charge in [0.05, 0.1) is 11.4 Å². The van der Waals surface area contributed by atoms with Gasteiger partial charge in [0, 0.05) is 5.92 Å². The average molecular weight is 142 g/mol. The van der Waals surface area contributed by atoms with Crippen molar-refractivity contribution < 1.29 is 0 Å². The third kappa shape index (κ3) is 1.82. The molecule has 50 valence electrons. The average Bonchev–Trinajstić information content (AvgIpc) is 1.90. The van der Waals surface area contributed by atoms with Crippen LogP contribution < -0.4 is 0 Å². The highest BCUT2D eigenvalue weighted by atomic mass is 32.2. The van der Waals surface area contributed by atoms with Crippen molar-refractivity contribution in [3.63, 3.8) is 0 Å². The van der Waals surface area contributed by atoms with E-state index in [1.807, 2.05) is 5.55 Å². The van der Waals surface area contributed by atoms with Gasteiger partial charge in [-0.25, -0.2) is 4.99 Å². The molecule has 0 spiro atoms. The van der Waals surface area contributed by atoms with Gasteiger partial charge in [-0.15, -0.1) is 0 Å². The summed E-state index contributed by atoms with van der Waals surface area (Å²) in [5.74, 6) is 2.30. The van der Waals surface area contributed by atoms with Gasteiger partial charge in [0.2, 0.25) is 0 Å². The lowest BCUT2D eigenvalue weighted by Crippen LogP contribution is -2.07. The van der Waals surface area contributed by atoms with Crippen LogP contribution in [0.5, 0.6) is 0 Å². The van der Waals surface area contributed by atoms with Gasteiger partial charge in [0.15, 0.2) is 0 Å². The first-order chi connectivity index (χ1) is 4.30. The Balaban J connectivity index is 2.58. The Kier molecular flexibility index (Phi) is 2.28. The second-order valence-corrected chi connectivity index (χ2v) is 3.00. The van der Waals surface area contributed by atoms with E-state index in [-0.39, 0.29) is 0 Å². The fourth-order valence-electron chi connectivity index (χ4n) is 0.600. The molecule has 0 aromatic rings. The number of hydrogen-bond donors (Lipinski definition) is 0. The molecule has 9 heavy (non-hydrogen) atoms.